The first kappa shape index (κ1) is 17.9. The van der Waals surface area contributed by atoms with Crippen LogP contribution >= 0.6 is 0 Å². The van der Waals surface area contributed by atoms with Crippen molar-refractivity contribution in [3.05, 3.63) is 59.9 Å². The number of hydrogen-bond donors (Lipinski definition) is 2. The maximum Gasteiger partial charge on any atom is 0.118 e. The Balaban J connectivity index is 1.60. The molecule has 0 spiro atoms. The topological polar surface area (TPSA) is 54.4 Å². The lowest BCUT2D eigenvalue weighted by Crippen LogP contribution is -2.37. The molecular formula is C21H28N2O2. The molecule has 1 saturated carbocycles. The van der Waals surface area contributed by atoms with Gasteiger partial charge in [0.05, 0.1) is 12.7 Å². The maximum absolute atomic E-state index is 10.2. The van der Waals surface area contributed by atoms with E-state index in [0.717, 1.165) is 44.4 Å². The van der Waals surface area contributed by atoms with Gasteiger partial charge in [0, 0.05) is 18.4 Å². The van der Waals surface area contributed by atoms with Crippen LogP contribution in [0.15, 0.2) is 48.8 Å². The minimum absolute atomic E-state index is 0.240. The molecular weight excluding hydrogens is 312 g/mol. The molecule has 0 amide bonds. The van der Waals surface area contributed by atoms with Gasteiger partial charge in [-0.15, -0.1) is 0 Å². The Bertz CT molecular complexity index is 639. The second-order valence-corrected chi connectivity index (χ2v) is 7.02. The predicted molar refractivity (Wildman–Crippen MR) is 99.7 cm³/mol. The van der Waals surface area contributed by atoms with E-state index < -0.39 is 0 Å². The normalized spacial score (nSPS) is 16.9. The fourth-order valence-corrected chi connectivity index (χ4v) is 3.43. The fraction of sp³-hybridized carbons (Fsp3) is 0.476. The predicted octanol–water partition coefficient (Wildman–Crippen LogP) is 3.66. The van der Waals surface area contributed by atoms with Gasteiger partial charge in [-0.25, -0.2) is 0 Å². The van der Waals surface area contributed by atoms with Crippen molar-refractivity contribution in [2.24, 2.45) is 0 Å². The van der Waals surface area contributed by atoms with Gasteiger partial charge in [0.1, 0.15) is 5.75 Å². The molecule has 1 unspecified atom stereocenters. The van der Waals surface area contributed by atoms with E-state index in [1.807, 2.05) is 24.5 Å². The molecule has 1 fully saturated rings. The van der Waals surface area contributed by atoms with E-state index in [1.165, 1.54) is 17.5 Å². The number of benzene rings is 1. The lowest BCUT2D eigenvalue weighted by molar-refractivity contribution is -0.0415. The Hall–Kier alpha value is -1.91. The summed E-state index contributed by atoms with van der Waals surface area (Å²) in [6, 6.07) is 12.6. The van der Waals surface area contributed by atoms with Crippen LogP contribution in [0.4, 0.5) is 0 Å². The van der Waals surface area contributed by atoms with Crippen LogP contribution in [-0.2, 0) is 6.42 Å². The first-order chi connectivity index (χ1) is 12.2. The zero-order valence-electron chi connectivity index (χ0n) is 14.9. The van der Waals surface area contributed by atoms with Gasteiger partial charge >= 0.3 is 0 Å². The van der Waals surface area contributed by atoms with Crippen LogP contribution in [0.5, 0.6) is 5.75 Å². The number of aliphatic hydroxyl groups is 1. The number of rotatable bonds is 9. The molecule has 4 heteroatoms. The lowest BCUT2D eigenvalue weighted by atomic mass is 9.77. The smallest absolute Gasteiger partial charge is 0.118 e. The van der Waals surface area contributed by atoms with Crippen LogP contribution in [0.25, 0.3) is 0 Å². The molecule has 1 aromatic carbocycles. The highest BCUT2D eigenvalue weighted by atomic mass is 16.5. The molecule has 0 aliphatic heterocycles. The minimum atomic E-state index is -0.387. The van der Waals surface area contributed by atoms with Crippen molar-refractivity contribution in [1.29, 1.82) is 0 Å². The summed E-state index contributed by atoms with van der Waals surface area (Å²) in [6.45, 7) is 0.907. The van der Waals surface area contributed by atoms with Crippen molar-refractivity contribution in [2.75, 3.05) is 13.7 Å². The van der Waals surface area contributed by atoms with E-state index in [0.29, 0.717) is 0 Å². The van der Waals surface area contributed by atoms with Gasteiger partial charge in [-0.1, -0.05) is 12.1 Å². The highest BCUT2D eigenvalue weighted by molar-refractivity contribution is 5.30. The van der Waals surface area contributed by atoms with Crippen molar-refractivity contribution in [3.63, 3.8) is 0 Å². The van der Waals surface area contributed by atoms with Crippen LogP contribution in [0.2, 0.25) is 0 Å². The van der Waals surface area contributed by atoms with Crippen molar-refractivity contribution in [3.8, 4) is 5.75 Å². The average molecular weight is 340 g/mol. The third-order valence-corrected chi connectivity index (χ3v) is 5.20. The summed E-state index contributed by atoms with van der Waals surface area (Å²) in [4.78, 5) is 4.10. The fourth-order valence-electron chi connectivity index (χ4n) is 3.43. The van der Waals surface area contributed by atoms with Gasteiger partial charge in [0.25, 0.3) is 0 Å². The van der Waals surface area contributed by atoms with E-state index in [-0.39, 0.29) is 11.6 Å². The Kier molecular flexibility index (Phi) is 6.05. The van der Waals surface area contributed by atoms with Crippen LogP contribution in [0.1, 0.15) is 49.3 Å². The number of nitrogens with zero attached hydrogens (tertiary/aromatic N) is 1. The molecule has 2 N–H and O–H groups in total. The summed E-state index contributed by atoms with van der Waals surface area (Å²) in [6.07, 6.45) is 9.58. The largest absolute Gasteiger partial charge is 0.497 e. The molecule has 4 nitrogen and oxygen atoms in total. The van der Waals surface area contributed by atoms with Crippen LogP contribution in [-0.4, -0.2) is 29.3 Å². The van der Waals surface area contributed by atoms with Crippen LogP contribution in [0.3, 0.4) is 0 Å². The quantitative estimate of drug-likeness (QED) is 0.684. The molecule has 1 aromatic heterocycles. The molecule has 1 atom stereocenters. The van der Waals surface area contributed by atoms with E-state index in [4.69, 9.17) is 4.74 Å². The Morgan fingerprint density at radius 2 is 1.88 bits per heavy atom. The minimum Gasteiger partial charge on any atom is -0.497 e. The SMILES string of the molecule is COc1ccc(C(Cc2ccncc2)NCCCC2(O)CCC2)cc1. The average Bonchev–Trinajstić information content (AvgIpc) is 2.63. The van der Waals surface area contributed by atoms with Gasteiger partial charge < -0.3 is 15.2 Å². The number of pyridine rings is 1. The highest BCUT2D eigenvalue weighted by Crippen LogP contribution is 2.35. The lowest BCUT2D eigenvalue weighted by Gasteiger charge is -2.36. The number of nitrogens with one attached hydrogen (secondary N) is 1. The van der Waals surface area contributed by atoms with E-state index in [2.05, 4.69) is 34.6 Å². The molecule has 0 radical (unpaired) electrons. The monoisotopic (exact) mass is 340 g/mol. The number of hydrogen-bond acceptors (Lipinski definition) is 4. The number of aromatic nitrogens is 1. The second-order valence-electron chi connectivity index (χ2n) is 7.02. The third-order valence-electron chi connectivity index (χ3n) is 5.20. The van der Waals surface area contributed by atoms with Gasteiger partial charge in [-0.05, 0) is 80.5 Å². The van der Waals surface area contributed by atoms with Gasteiger partial charge in [-0.2, -0.15) is 0 Å². The zero-order chi connectivity index (χ0) is 17.5. The molecule has 1 aliphatic carbocycles. The Morgan fingerprint density at radius 3 is 2.48 bits per heavy atom. The first-order valence-electron chi connectivity index (χ1n) is 9.17. The summed E-state index contributed by atoms with van der Waals surface area (Å²) in [7, 11) is 1.69. The molecule has 1 heterocycles. The van der Waals surface area contributed by atoms with Gasteiger partial charge in [-0.3, -0.25) is 4.98 Å². The van der Waals surface area contributed by atoms with E-state index in [9.17, 15) is 5.11 Å². The van der Waals surface area contributed by atoms with Crippen molar-refractivity contribution in [2.45, 2.75) is 50.2 Å². The standard InChI is InChI=1S/C21H28N2O2/c1-25-19-6-4-18(5-7-19)20(16-17-8-14-22-15-9-17)23-13-3-12-21(24)10-2-11-21/h4-9,14-15,20,23-24H,2-3,10-13,16H2,1H3. The second kappa shape index (κ2) is 8.45. The summed E-state index contributed by atoms with van der Waals surface area (Å²) in [5.41, 5.74) is 2.13. The summed E-state index contributed by atoms with van der Waals surface area (Å²) >= 11 is 0. The van der Waals surface area contributed by atoms with Crippen LogP contribution in [0, 0.1) is 0 Å². The zero-order valence-corrected chi connectivity index (χ0v) is 14.9. The van der Waals surface area contributed by atoms with Gasteiger partial charge in [0.15, 0.2) is 0 Å². The van der Waals surface area contributed by atoms with Crippen LogP contribution < -0.4 is 10.1 Å². The van der Waals surface area contributed by atoms with E-state index >= 15 is 0 Å². The molecule has 1 aliphatic rings. The van der Waals surface area contributed by atoms with Gasteiger partial charge in [0.2, 0.25) is 0 Å². The summed E-state index contributed by atoms with van der Waals surface area (Å²) < 4.78 is 5.27. The molecule has 134 valence electrons. The third kappa shape index (κ3) is 5.03. The van der Waals surface area contributed by atoms with E-state index in [1.54, 1.807) is 7.11 Å². The molecule has 3 rings (SSSR count). The molecule has 25 heavy (non-hydrogen) atoms. The van der Waals surface area contributed by atoms with Crippen molar-refractivity contribution < 1.29 is 9.84 Å². The van der Waals surface area contributed by atoms with Crippen molar-refractivity contribution >= 4 is 0 Å². The first-order valence-corrected chi connectivity index (χ1v) is 9.17. The number of methoxy groups -OCH3 is 1. The summed E-state index contributed by atoms with van der Waals surface area (Å²) in [5, 5.41) is 13.9. The number of ether oxygens (including phenoxy) is 1. The molecule has 0 saturated heterocycles. The maximum atomic E-state index is 10.2. The Labute approximate surface area is 150 Å². The molecule has 0 bridgehead atoms. The highest BCUT2D eigenvalue weighted by Gasteiger charge is 2.33. The van der Waals surface area contributed by atoms with Crippen molar-refractivity contribution in [1.82, 2.24) is 10.3 Å². The molecule has 2 aromatic rings. The Morgan fingerprint density at radius 1 is 1.16 bits per heavy atom. The summed E-state index contributed by atoms with van der Waals surface area (Å²) in [5.74, 6) is 0.874.